The number of aromatic carboxylic acids is 1. The first-order valence-electron chi connectivity index (χ1n) is 5.97. The fraction of sp³-hybridized carbons (Fsp3) is 0.429. The Morgan fingerprint density at radius 2 is 1.83 bits per heavy atom. The molecule has 1 atom stereocenters. The number of anilines is 1. The van der Waals surface area contributed by atoms with Crippen LogP contribution >= 0.6 is 0 Å². The quantitative estimate of drug-likeness (QED) is 0.862. The Morgan fingerprint density at radius 1 is 1.22 bits per heavy atom. The lowest BCUT2D eigenvalue weighted by molar-refractivity contribution is -0.120. The molecular formula is C14H19NO3. The minimum atomic E-state index is -0.998. The molecule has 4 nitrogen and oxygen atoms in total. The zero-order valence-electron chi connectivity index (χ0n) is 11.2. The Kier molecular flexibility index (Phi) is 4.48. The summed E-state index contributed by atoms with van der Waals surface area (Å²) in [5, 5.41) is 11.7. The summed E-state index contributed by atoms with van der Waals surface area (Å²) in [6.07, 6.45) is 0. The molecule has 18 heavy (non-hydrogen) atoms. The lowest BCUT2D eigenvalue weighted by Crippen LogP contribution is -2.24. The van der Waals surface area contributed by atoms with Crippen LogP contribution in [0.1, 0.15) is 36.7 Å². The Labute approximate surface area is 107 Å². The van der Waals surface area contributed by atoms with Crippen molar-refractivity contribution in [2.75, 3.05) is 5.32 Å². The van der Waals surface area contributed by atoms with Crippen molar-refractivity contribution in [2.24, 2.45) is 11.8 Å². The van der Waals surface area contributed by atoms with Crippen molar-refractivity contribution < 1.29 is 14.7 Å². The zero-order chi connectivity index (χ0) is 13.9. The minimum Gasteiger partial charge on any atom is -0.478 e. The predicted octanol–water partition coefficient (Wildman–Crippen LogP) is 2.92. The smallest absolute Gasteiger partial charge is 0.335 e. The summed E-state index contributed by atoms with van der Waals surface area (Å²) in [4.78, 5) is 22.8. The van der Waals surface area contributed by atoms with Gasteiger partial charge in [0.25, 0.3) is 0 Å². The number of carbonyl (C=O) groups excluding carboxylic acids is 1. The van der Waals surface area contributed by atoms with E-state index in [4.69, 9.17) is 5.11 Å². The molecule has 4 heteroatoms. The van der Waals surface area contributed by atoms with Gasteiger partial charge in [0.2, 0.25) is 5.91 Å². The summed E-state index contributed by atoms with van der Waals surface area (Å²) in [6.45, 7) is 7.65. The highest BCUT2D eigenvalue weighted by Gasteiger charge is 2.17. The van der Waals surface area contributed by atoms with E-state index in [0.29, 0.717) is 5.69 Å². The van der Waals surface area contributed by atoms with Crippen molar-refractivity contribution in [2.45, 2.75) is 27.7 Å². The van der Waals surface area contributed by atoms with Gasteiger partial charge < -0.3 is 10.4 Å². The van der Waals surface area contributed by atoms with Crippen molar-refractivity contribution in [3.63, 3.8) is 0 Å². The molecule has 0 aromatic heterocycles. The standard InChI is InChI=1S/C14H19NO3/c1-8(2)10(4)13(16)15-12-7-11(14(17)18)6-5-9(12)3/h5-8,10H,1-4H3,(H,15,16)(H,17,18). The van der Waals surface area contributed by atoms with Gasteiger partial charge >= 0.3 is 5.97 Å². The second-order valence-electron chi connectivity index (χ2n) is 4.86. The molecule has 0 heterocycles. The maximum absolute atomic E-state index is 11.9. The second-order valence-corrected chi connectivity index (χ2v) is 4.86. The van der Waals surface area contributed by atoms with Gasteiger partial charge in [-0.15, -0.1) is 0 Å². The van der Waals surface area contributed by atoms with Crippen molar-refractivity contribution in [3.05, 3.63) is 29.3 Å². The molecule has 98 valence electrons. The lowest BCUT2D eigenvalue weighted by atomic mass is 9.97. The third kappa shape index (κ3) is 3.32. The first kappa shape index (κ1) is 14.2. The number of carboxylic acid groups (broad SMARTS) is 1. The largest absolute Gasteiger partial charge is 0.478 e. The van der Waals surface area contributed by atoms with E-state index < -0.39 is 5.97 Å². The number of amides is 1. The van der Waals surface area contributed by atoms with E-state index in [0.717, 1.165) is 5.56 Å². The Balaban J connectivity index is 2.93. The van der Waals surface area contributed by atoms with Crippen molar-refractivity contribution in [1.82, 2.24) is 0 Å². The molecule has 1 rings (SSSR count). The number of rotatable bonds is 4. The maximum atomic E-state index is 11.9. The van der Waals surface area contributed by atoms with Gasteiger partial charge in [-0.05, 0) is 30.5 Å². The summed E-state index contributed by atoms with van der Waals surface area (Å²) in [5.74, 6) is -0.955. The molecule has 0 spiro atoms. The van der Waals surface area contributed by atoms with E-state index in [1.54, 1.807) is 6.07 Å². The van der Waals surface area contributed by atoms with Gasteiger partial charge in [-0.25, -0.2) is 4.79 Å². The normalized spacial score (nSPS) is 12.3. The van der Waals surface area contributed by atoms with Crippen LogP contribution in [0, 0.1) is 18.8 Å². The molecule has 0 aliphatic rings. The number of hydrogen-bond donors (Lipinski definition) is 2. The number of nitrogens with one attached hydrogen (secondary N) is 1. The van der Waals surface area contributed by atoms with Crippen LogP contribution in [-0.2, 0) is 4.79 Å². The van der Waals surface area contributed by atoms with Gasteiger partial charge in [-0.1, -0.05) is 26.8 Å². The number of aryl methyl sites for hydroxylation is 1. The SMILES string of the molecule is Cc1ccc(C(=O)O)cc1NC(=O)C(C)C(C)C. The van der Waals surface area contributed by atoms with Crippen molar-refractivity contribution >= 4 is 17.6 Å². The summed E-state index contributed by atoms with van der Waals surface area (Å²) < 4.78 is 0. The zero-order valence-corrected chi connectivity index (χ0v) is 11.2. The molecule has 0 saturated carbocycles. The van der Waals surface area contributed by atoms with Crippen LogP contribution in [0.25, 0.3) is 0 Å². The van der Waals surface area contributed by atoms with Crippen LogP contribution in [-0.4, -0.2) is 17.0 Å². The summed E-state index contributed by atoms with van der Waals surface area (Å²) in [7, 11) is 0. The molecular weight excluding hydrogens is 230 g/mol. The van der Waals surface area contributed by atoms with Crippen LogP contribution in [0.4, 0.5) is 5.69 Å². The molecule has 1 unspecified atom stereocenters. The number of carbonyl (C=O) groups is 2. The Bertz CT molecular complexity index is 466. The molecule has 0 saturated heterocycles. The first-order chi connectivity index (χ1) is 8.32. The molecule has 0 aliphatic carbocycles. The topological polar surface area (TPSA) is 66.4 Å². The fourth-order valence-electron chi connectivity index (χ4n) is 1.44. The second kappa shape index (κ2) is 5.67. The molecule has 0 bridgehead atoms. The van der Waals surface area contributed by atoms with Gasteiger partial charge in [0.05, 0.1) is 5.56 Å². The maximum Gasteiger partial charge on any atom is 0.335 e. The van der Waals surface area contributed by atoms with Crippen LogP contribution in [0.2, 0.25) is 0 Å². The average molecular weight is 249 g/mol. The summed E-state index contributed by atoms with van der Waals surface area (Å²) in [5.41, 5.74) is 1.59. The van der Waals surface area contributed by atoms with E-state index in [2.05, 4.69) is 5.32 Å². The van der Waals surface area contributed by atoms with Crippen LogP contribution in [0.15, 0.2) is 18.2 Å². The molecule has 2 N–H and O–H groups in total. The van der Waals surface area contributed by atoms with Crippen LogP contribution in [0.5, 0.6) is 0 Å². The monoisotopic (exact) mass is 249 g/mol. The average Bonchev–Trinajstić information content (AvgIpc) is 2.30. The van der Waals surface area contributed by atoms with Crippen molar-refractivity contribution in [3.8, 4) is 0 Å². The van der Waals surface area contributed by atoms with E-state index in [9.17, 15) is 9.59 Å². The van der Waals surface area contributed by atoms with E-state index in [1.807, 2.05) is 27.7 Å². The van der Waals surface area contributed by atoms with Gasteiger partial charge in [-0.2, -0.15) is 0 Å². The molecule has 0 radical (unpaired) electrons. The first-order valence-corrected chi connectivity index (χ1v) is 5.97. The highest BCUT2D eigenvalue weighted by atomic mass is 16.4. The van der Waals surface area contributed by atoms with Gasteiger partial charge in [-0.3, -0.25) is 4.79 Å². The number of carboxylic acids is 1. The predicted molar refractivity (Wildman–Crippen MR) is 70.8 cm³/mol. The molecule has 1 aromatic rings. The minimum absolute atomic E-state index is 0.0874. The molecule has 1 amide bonds. The van der Waals surface area contributed by atoms with Gasteiger partial charge in [0.1, 0.15) is 0 Å². The fourth-order valence-corrected chi connectivity index (χ4v) is 1.44. The third-order valence-corrected chi connectivity index (χ3v) is 3.16. The highest BCUT2D eigenvalue weighted by molar-refractivity contribution is 5.95. The summed E-state index contributed by atoms with van der Waals surface area (Å²) in [6, 6.07) is 4.71. The van der Waals surface area contributed by atoms with Gasteiger partial charge in [0.15, 0.2) is 0 Å². The molecule has 0 aliphatic heterocycles. The third-order valence-electron chi connectivity index (χ3n) is 3.16. The van der Waals surface area contributed by atoms with E-state index in [-0.39, 0.29) is 23.3 Å². The van der Waals surface area contributed by atoms with Crippen LogP contribution in [0.3, 0.4) is 0 Å². The van der Waals surface area contributed by atoms with Gasteiger partial charge in [0, 0.05) is 11.6 Å². The Hall–Kier alpha value is -1.84. The van der Waals surface area contributed by atoms with E-state index >= 15 is 0 Å². The number of hydrogen-bond acceptors (Lipinski definition) is 2. The van der Waals surface area contributed by atoms with E-state index in [1.165, 1.54) is 12.1 Å². The molecule has 1 aromatic carbocycles. The number of benzene rings is 1. The molecule has 0 fully saturated rings. The lowest BCUT2D eigenvalue weighted by Gasteiger charge is -2.16. The Morgan fingerprint density at radius 3 is 2.33 bits per heavy atom. The highest BCUT2D eigenvalue weighted by Crippen LogP contribution is 2.19. The van der Waals surface area contributed by atoms with Crippen molar-refractivity contribution in [1.29, 1.82) is 0 Å². The summed E-state index contributed by atoms with van der Waals surface area (Å²) >= 11 is 0. The van der Waals surface area contributed by atoms with Crippen LogP contribution < -0.4 is 5.32 Å².